The van der Waals surface area contributed by atoms with E-state index < -0.39 is 11.9 Å². The van der Waals surface area contributed by atoms with Gasteiger partial charge in [-0.3, -0.25) is 14.4 Å². The van der Waals surface area contributed by atoms with Gasteiger partial charge in [-0.25, -0.2) is 0 Å². The van der Waals surface area contributed by atoms with Crippen LogP contribution in [0.15, 0.2) is 0 Å². The molecule has 0 saturated heterocycles. The minimum atomic E-state index is -0.763. The van der Waals surface area contributed by atoms with Crippen LogP contribution in [0, 0.1) is 0 Å². The van der Waals surface area contributed by atoms with Crippen LogP contribution in [0.5, 0.6) is 0 Å². The Bertz CT molecular complexity index is 200. The van der Waals surface area contributed by atoms with E-state index in [0.717, 1.165) is 0 Å². The smallest absolute Gasteiger partial charge is 0.320 e. The number of ketones is 1. The summed E-state index contributed by atoms with van der Waals surface area (Å²) in [5.74, 6) is -1.63. The van der Waals surface area contributed by atoms with Crippen molar-refractivity contribution in [2.24, 2.45) is 0 Å². The molecule has 0 aromatic carbocycles. The summed E-state index contributed by atoms with van der Waals surface area (Å²) in [7, 11) is 0. The monoisotopic (exact) mass is 262 g/mol. The van der Waals surface area contributed by atoms with Crippen molar-refractivity contribution in [2.45, 2.75) is 33.1 Å². The summed E-state index contributed by atoms with van der Waals surface area (Å²) in [6, 6.07) is 0. The van der Waals surface area contributed by atoms with E-state index in [0.29, 0.717) is 6.42 Å². The van der Waals surface area contributed by atoms with Crippen LogP contribution in [-0.2, 0) is 45.3 Å². The van der Waals surface area contributed by atoms with Gasteiger partial charge in [0.2, 0.25) is 0 Å². The molecule has 0 bridgehead atoms. The fourth-order valence-corrected chi connectivity index (χ4v) is 0.621. The van der Waals surface area contributed by atoms with Crippen LogP contribution in [0.4, 0.5) is 0 Å². The van der Waals surface area contributed by atoms with E-state index in [9.17, 15) is 14.4 Å². The van der Waals surface area contributed by atoms with Crippen molar-refractivity contribution in [3.63, 3.8) is 0 Å². The maximum atomic E-state index is 10.7. The van der Waals surface area contributed by atoms with E-state index >= 15 is 0 Å². The average Bonchev–Trinajstić information content (AvgIpc) is 1.84. The van der Waals surface area contributed by atoms with Crippen molar-refractivity contribution >= 4 is 17.7 Å². The normalized spacial score (nSPS) is 8.46. The first-order valence-electron chi connectivity index (χ1n) is 3.79. The average molecular weight is 263 g/mol. The first-order valence-corrected chi connectivity index (χ1v) is 3.79. The van der Waals surface area contributed by atoms with Crippen LogP contribution in [0.3, 0.4) is 0 Å². The summed E-state index contributed by atoms with van der Waals surface area (Å²) in [4.78, 5) is 31.7. The molecular weight excluding hydrogens is 251 g/mol. The van der Waals surface area contributed by atoms with Crippen molar-refractivity contribution in [2.75, 3.05) is 0 Å². The molecule has 5 heteroatoms. The van der Waals surface area contributed by atoms with Gasteiger partial charge in [-0.2, -0.15) is 0 Å². The molecule has 0 aliphatic heterocycles. The van der Waals surface area contributed by atoms with Crippen LogP contribution in [0.1, 0.15) is 33.1 Å². The molecule has 0 saturated carbocycles. The van der Waals surface area contributed by atoms with Crippen molar-refractivity contribution in [3.8, 4) is 0 Å². The standard InChI is InChI=1S/C8H12O4.Zr/c1-3-4-7(10)12-8(11)5-6(2)9;/h3-5H2,1-2H3;. The summed E-state index contributed by atoms with van der Waals surface area (Å²) in [5, 5.41) is 0. The number of Topliss-reactive ketones (excluding diaryl/α,β-unsaturated/α-hetero) is 1. The molecule has 4 nitrogen and oxygen atoms in total. The van der Waals surface area contributed by atoms with Crippen LogP contribution in [-0.4, -0.2) is 17.7 Å². The molecule has 0 rings (SSSR count). The molecule has 0 heterocycles. The molecule has 0 aromatic heterocycles. The molecule has 0 aromatic rings. The zero-order chi connectivity index (χ0) is 9.56. The molecule has 13 heavy (non-hydrogen) atoms. The third kappa shape index (κ3) is 9.61. The second-order valence-corrected chi connectivity index (χ2v) is 2.47. The third-order valence-corrected chi connectivity index (χ3v) is 1.08. The van der Waals surface area contributed by atoms with Crippen molar-refractivity contribution in [3.05, 3.63) is 0 Å². The summed E-state index contributed by atoms with van der Waals surface area (Å²) >= 11 is 0. The van der Waals surface area contributed by atoms with E-state index in [1.54, 1.807) is 6.92 Å². The summed E-state index contributed by atoms with van der Waals surface area (Å²) < 4.78 is 4.30. The van der Waals surface area contributed by atoms with Crippen LogP contribution < -0.4 is 0 Å². The Morgan fingerprint density at radius 1 is 1.15 bits per heavy atom. The first-order chi connectivity index (χ1) is 5.56. The van der Waals surface area contributed by atoms with E-state index in [1.165, 1.54) is 6.92 Å². The number of ether oxygens (including phenoxy) is 1. The van der Waals surface area contributed by atoms with Gasteiger partial charge in [0.25, 0.3) is 0 Å². The molecule has 0 aliphatic rings. The number of esters is 2. The van der Waals surface area contributed by atoms with Crippen molar-refractivity contribution in [1.82, 2.24) is 0 Å². The minimum absolute atomic E-state index is 0. The van der Waals surface area contributed by atoms with Gasteiger partial charge in [0.15, 0.2) is 0 Å². The van der Waals surface area contributed by atoms with E-state index in [4.69, 9.17) is 0 Å². The van der Waals surface area contributed by atoms with Crippen LogP contribution >= 0.6 is 0 Å². The van der Waals surface area contributed by atoms with Gasteiger partial charge in [0, 0.05) is 32.6 Å². The van der Waals surface area contributed by atoms with Crippen molar-refractivity contribution < 1.29 is 45.3 Å². The molecule has 0 N–H and O–H groups in total. The Morgan fingerprint density at radius 3 is 2.08 bits per heavy atom. The zero-order valence-corrected chi connectivity index (χ0v) is 10.2. The topological polar surface area (TPSA) is 60.4 Å². The molecule has 0 unspecified atom stereocenters. The Hall–Kier alpha value is -0.307. The molecule has 0 fully saturated rings. The summed E-state index contributed by atoms with van der Waals surface area (Å²) in [6.07, 6.45) is 0.519. The van der Waals surface area contributed by atoms with E-state index in [2.05, 4.69) is 4.74 Å². The van der Waals surface area contributed by atoms with Crippen LogP contribution in [0.25, 0.3) is 0 Å². The molecule has 0 radical (unpaired) electrons. The second-order valence-electron chi connectivity index (χ2n) is 2.47. The zero-order valence-electron chi connectivity index (χ0n) is 7.75. The van der Waals surface area contributed by atoms with Gasteiger partial charge in [-0.15, -0.1) is 0 Å². The number of carbonyl (C=O) groups excluding carboxylic acids is 3. The number of rotatable bonds is 4. The molecule has 0 amide bonds. The van der Waals surface area contributed by atoms with Crippen molar-refractivity contribution in [1.29, 1.82) is 0 Å². The fraction of sp³-hybridized carbons (Fsp3) is 0.625. The minimum Gasteiger partial charge on any atom is -0.393 e. The second kappa shape index (κ2) is 8.30. The maximum Gasteiger partial charge on any atom is 0.320 e. The number of hydrogen-bond acceptors (Lipinski definition) is 4. The number of hydrogen-bond donors (Lipinski definition) is 0. The van der Waals surface area contributed by atoms with E-state index in [1.807, 2.05) is 0 Å². The quantitative estimate of drug-likeness (QED) is 0.557. The first kappa shape index (κ1) is 15.2. The number of carbonyl (C=O) groups is 3. The molecule has 0 aliphatic carbocycles. The van der Waals surface area contributed by atoms with Crippen LogP contribution in [0.2, 0.25) is 0 Å². The van der Waals surface area contributed by atoms with Gasteiger partial charge in [-0.1, -0.05) is 6.92 Å². The van der Waals surface area contributed by atoms with Gasteiger partial charge >= 0.3 is 11.9 Å². The Kier molecular flexibility index (Phi) is 9.69. The predicted molar refractivity (Wildman–Crippen MR) is 41.3 cm³/mol. The molecule has 0 spiro atoms. The largest absolute Gasteiger partial charge is 0.393 e. The Morgan fingerprint density at radius 2 is 1.69 bits per heavy atom. The maximum absolute atomic E-state index is 10.7. The molecular formula is C8H12O4Zr. The van der Waals surface area contributed by atoms with E-state index in [-0.39, 0.29) is 44.8 Å². The third-order valence-electron chi connectivity index (χ3n) is 1.08. The summed E-state index contributed by atoms with van der Waals surface area (Å²) in [5.41, 5.74) is 0. The van der Waals surface area contributed by atoms with Gasteiger partial charge in [0.1, 0.15) is 12.2 Å². The Balaban J connectivity index is 0. The summed E-state index contributed by atoms with van der Waals surface area (Å²) in [6.45, 7) is 3.07. The SMILES string of the molecule is CCCC(=O)OC(=O)CC(C)=O.[Zr]. The molecule has 0 atom stereocenters. The fourth-order valence-electron chi connectivity index (χ4n) is 0.621. The van der Waals surface area contributed by atoms with Gasteiger partial charge < -0.3 is 4.74 Å². The van der Waals surface area contributed by atoms with Gasteiger partial charge in [0.05, 0.1) is 0 Å². The molecule has 72 valence electrons. The predicted octanol–water partition coefficient (Wildman–Crippen LogP) is 0.833. The van der Waals surface area contributed by atoms with Gasteiger partial charge in [-0.05, 0) is 13.3 Å². The Labute approximate surface area is 96.1 Å².